The average molecular weight is 263 g/mol. The number of hydrogen-bond acceptors (Lipinski definition) is 2. The molecule has 0 saturated heterocycles. The third kappa shape index (κ3) is 5.74. The summed E-state index contributed by atoms with van der Waals surface area (Å²) in [6.45, 7) is 5.91. The van der Waals surface area contributed by atoms with Crippen LogP contribution >= 0.6 is 11.8 Å². The van der Waals surface area contributed by atoms with Gasteiger partial charge in [-0.25, -0.2) is 0 Å². The first-order chi connectivity index (χ1) is 8.77. The summed E-state index contributed by atoms with van der Waals surface area (Å²) in [5, 5.41) is 0. The minimum Gasteiger partial charge on any atom is -0.324 e. The van der Waals surface area contributed by atoms with Gasteiger partial charge in [-0.15, -0.1) is 18.3 Å². The molecule has 2 heteroatoms. The number of nitrogens with two attached hydrogens (primary N) is 1. The fourth-order valence-electron chi connectivity index (χ4n) is 1.97. The number of hydrogen-bond donors (Lipinski definition) is 1. The van der Waals surface area contributed by atoms with Gasteiger partial charge in [0.15, 0.2) is 0 Å². The van der Waals surface area contributed by atoms with E-state index in [2.05, 4.69) is 37.8 Å². The zero-order chi connectivity index (χ0) is 13.2. The first-order valence-corrected chi connectivity index (χ1v) is 7.85. The standard InChI is InChI=1S/C16H25NS/c1-3-5-6-7-8-9-16(17)14-10-12-15(13-11-14)18-4-2/h3,10-13,16H,1,4-9,17H2,2H3. The van der Waals surface area contributed by atoms with Crippen molar-refractivity contribution in [2.45, 2.75) is 50.0 Å². The van der Waals surface area contributed by atoms with Crippen molar-refractivity contribution in [3.8, 4) is 0 Å². The van der Waals surface area contributed by atoms with Crippen LogP contribution in [0.5, 0.6) is 0 Å². The fourth-order valence-corrected chi connectivity index (χ4v) is 2.64. The highest BCUT2D eigenvalue weighted by Crippen LogP contribution is 2.22. The lowest BCUT2D eigenvalue weighted by molar-refractivity contribution is 0.572. The predicted octanol–water partition coefficient (Wildman–Crippen LogP) is 4.93. The second kappa shape index (κ2) is 9.23. The summed E-state index contributed by atoms with van der Waals surface area (Å²) in [6, 6.07) is 8.90. The molecule has 1 atom stereocenters. The van der Waals surface area contributed by atoms with Crippen LogP contribution in [0.15, 0.2) is 41.8 Å². The molecule has 0 aromatic heterocycles. The lowest BCUT2D eigenvalue weighted by Gasteiger charge is -2.12. The van der Waals surface area contributed by atoms with Gasteiger partial charge in [-0.1, -0.05) is 38.0 Å². The Morgan fingerprint density at radius 3 is 2.56 bits per heavy atom. The van der Waals surface area contributed by atoms with Crippen LogP contribution in [-0.4, -0.2) is 5.75 Å². The molecule has 0 bridgehead atoms. The van der Waals surface area contributed by atoms with Crippen molar-refractivity contribution in [2.24, 2.45) is 5.73 Å². The second-order valence-electron chi connectivity index (χ2n) is 4.54. The minimum atomic E-state index is 0.189. The number of benzene rings is 1. The number of rotatable bonds is 9. The Hall–Kier alpha value is -0.730. The van der Waals surface area contributed by atoms with E-state index >= 15 is 0 Å². The third-order valence-electron chi connectivity index (χ3n) is 3.04. The summed E-state index contributed by atoms with van der Waals surface area (Å²) in [5.41, 5.74) is 7.47. The molecule has 0 saturated carbocycles. The molecule has 1 aromatic carbocycles. The SMILES string of the molecule is C=CCCCCCC(N)c1ccc(SCC)cc1. The van der Waals surface area contributed by atoms with E-state index in [9.17, 15) is 0 Å². The first-order valence-electron chi connectivity index (χ1n) is 6.87. The molecule has 0 fully saturated rings. The smallest absolute Gasteiger partial charge is 0.0294 e. The van der Waals surface area contributed by atoms with Crippen LogP contribution in [0.3, 0.4) is 0 Å². The maximum Gasteiger partial charge on any atom is 0.0294 e. The fraction of sp³-hybridized carbons (Fsp3) is 0.500. The van der Waals surface area contributed by atoms with Crippen molar-refractivity contribution in [3.05, 3.63) is 42.5 Å². The van der Waals surface area contributed by atoms with E-state index in [0.717, 1.165) is 18.6 Å². The quantitative estimate of drug-likeness (QED) is 0.388. The van der Waals surface area contributed by atoms with Gasteiger partial charge in [0.25, 0.3) is 0 Å². The van der Waals surface area contributed by atoms with Crippen molar-refractivity contribution in [2.75, 3.05) is 5.75 Å². The summed E-state index contributed by atoms with van der Waals surface area (Å²) in [4.78, 5) is 1.33. The Labute approximate surface area is 116 Å². The highest BCUT2D eigenvalue weighted by atomic mass is 32.2. The molecule has 18 heavy (non-hydrogen) atoms. The molecular formula is C16H25NS. The van der Waals surface area contributed by atoms with E-state index in [1.54, 1.807) is 0 Å². The molecule has 0 amide bonds. The number of unbranched alkanes of at least 4 members (excludes halogenated alkanes) is 3. The molecule has 1 aromatic rings. The van der Waals surface area contributed by atoms with Crippen LogP contribution in [0, 0.1) is 0 Å². The molecule has 0 heterocycles. The summed E-state index contributed by atoms with van der Waals surface area (Å²) >= 11 is 1.87. The van der Waals surface area contributed by atoms with Crippen LogP contribution in [0.25, 0.3) is 0 Å². The molecule has 100 valence electrons. The van der Waals surface area contributed by atoms with Crippen molar-refractivity contribution in [1.29, 1.82) is 0 Å². The highest BCUT2D eigenvalue weighted by molar-refractivity contribution is 7.99. The first kappa shape index (κ1) is 15.3. The molecular weight excluding hydrogens is 238 g/mol. The van der Waals surface area contributed by atoms with Crippen molar-refractivity contribution >= 4 is 11.8 Å². The van der Waals surface area contributed by atoms with Gasteiger partial charge in [0.2, 0.25) is 0 Å². The number of allylic oxidation sites excluding steroid dienone is 1. The lowest BCUT2D eigenvalue weighted by Crippen LogP contribution is -2.09. The van der Waals surface area contributed by atoms with Gasteiger partial charge >= 0.3 is 0 Å². The molecule has 1 unspecified atom stereocenters. The van der Waals surface area contributed by atoms with E-state index in [1.165, 1.54) is 29.7 Å². The second-order valence-corrected chi connectivity index (χ2v) is 5.87. The topological polar surface area (TPSA) is 26.0 Å². The summed E-state index contributed by atoms with van der Waals surface area (Å²) in [6.07, 6.45) is 7.89. The molecule has 0 aliphatic carbocycles. The summed E-state index contributed by atoms with van der Waals surface area (Å²) < 4.78 is 0. The van der Waals surface area contributed by atoms with Crippen molar-refractivity contribution in [3.63, 3.8) is 0 Å². The Balaban J connectivity index is 2.32. The van der Waals surface area contributed by atoms with Gasteiger partial charge < -0.3 is 5.73 Å². The van der Waals surface area contributed by atoms with Gasteiger partial charge in [0.1, 0.15) is 0 Å². The van der Waals surface area contributed by atoms with Crippen LogP contribution < -0.4 is 5.73 Å². The number of thioether (sulfide) groups is 1. The van der Waals surface area contributed by atoms with Crippen LogP contribution in [-0.2, 0) is 0 Å². The molecule has 2 N–H and O–H groups in total. The summed E-state index contributed by atoms with van der Waals surface area (Å²) in [7, 11) is 0. The predicted molar refractivity (Wildman–Crippen MR) is 83.1 cm³/mol. The molecule has 0 spiro atoms. The molecule has 1 nitrogen and oxygen atoms in total. The van der Waals surface area contributed by atoms with E-state index in [0.29, 0.717) is 0 Å². The van der Waals surface area contributed by atoms with E-state index in [1.807, 2.05) is 17.8 Å². The highest BCUT2D eigenvalue weighted by Gasteiger charge is 2.05. The minimum absolute atomic E-state index is 0.189. The van der Waals surface area contributed by atoms with Crippen LogP contribution in [0.2, 0.25) is 0 Å². The zero-order valence-electron chi connectivity index (χ0n) is 11.4. The maximum atomic E-state index is 6.21. The zero-order valence-corrected chi connectivity index (χ0v) is 12.2. The van der Waals surface area contributed by atoms with Crippen LogP contribution in [0.4, 0.5) is 0 Å². The Morgan fingerprint density at radius 2 is 1.94 bits per heavy atom. The van der Waals surface area contributed by atoms with Gasteiger partial charge in [-0.05, 0) is 42.7 Å². The monoisotopic (exact) mass is 263 g/mol. The third-order valence-corrected chi connectivity index (χ3v) is 3.94. The Bertz CT molecular complexity index is 331. The van der Waals surface area contributed by atoms with Gasteiger partial charge in [-0.3, -0.25) is 0 Å². The molecule has 0 radical (unpaired) electrons. The Morgan fingerprint density at radius 1 is 1.22 bits per heavy atom. The lowest BCUT2D eigenvalue weighted by atomic mass is 10.0. The molecule has 1 rings (SSSR count). The normalized spacial score (nSPS) is 12.3. The molecule has 0 aliphatic rings. The average Bonchev–Trinajstić information content (AvgIpc) is 2.39. The van der Waals surface area contributed by atoms with E-state index < -0.39 is 0 Å². The largest absolute Gasteiger partial charge is 0.324 e. The van der Waals surface area contributed by atoms with E-state index in [4.69, 9.17) is 5.73 Å². The van der Waals surface area contributed by atoms with E-state index in [-0.39, 0.29) is 6.04 Å². The van der Waals surface area contributed by atoms with Gasteiger partial charge in [0, 0.05) is 10.9 Å². The Kier molecular flexibility index (Phi) is 7.86. The molecule has 0 aliphatic heterocycles. The van der Waals surface area contributed by atoms with Crippen molar-refractivity contribution in [1.82, 2.24) is 0 Å². The van der Waals surface area contributed by atoms with Crippen LogP contribution in [0.1, 0.15) is 50.6 Å². The van der Waals surface area contributed by atoms with Crippen molar-refractivity contribution < 1.29 is 0 Å². The van der Waals surface area contributed by atoms with Gasteiger partial charge in [-0.2, -0.15) is 0 Å². The van der Waals surface area contributed by atoms with Gasteiger partial charge in [0.05, 0.1) is 0 Å². The summed E-state index contributed by atoms with van der Waals surface area (Å²) in [5.74, 6) is 1.12. The maximum absolute atomic E-state index is 6.21.